The molecule has 4 nitrogen and oxygen atoms in total. The first-order chi connectivity index (χ1) is 8.17. The summed E-state index contributed by atoms with van der Waals surface area (Å²) < 4.78 is 0. The summed E-state index contributed by atoms with van der Waals surface area (Å²) in [6.45, 7) is 6.44. The number of nitrogens with one attached hydrogen (secondary N) is 1. The van der Waals surface area contributed by atoms with Crippen molar-refractivity contribution in [2.45, 2.75) is 20.4 Å². The van der Waals surface area contributed by atoms with Crippen molar-refractivity contribution in [3.05, 3.63) is 23.9 Å². The van der Waals surface area contributed by atoms with Crippen LogP contribution in [0.4, 0.5) is 5.82 Å². The molecule has 0 bridgehead atoms. The molecule has 1 atom stereocenters. The zero-order chi connectivity index (χ0) is 12.7. The molecule has 17 heavy (non-hydrogen) atoms. The van der Waals surface area contributed by atoms with Gasteiger partial charge in [0.1, 0.15) is 5.82 Å². The zero-order valence-electron chi connectivity index (χ0n) is 10.8. The van der Waals surface area contributed by atoms with Gasteiger partial charge < -0.3 is 10.2 Å². The van der Waals surface area contributed by atoms with Crippen LogP contribution in [-0.4, -0.2) is 30.0 Å². The Morgan fingerprint density at radius 1 is 1.59 bits per heavy atom. The van der Waals surface area contributed by atoms with Crippen molar-refractivity contribution >= 4 is 5.82 Å². The van der Waals surface area contributed by atoms with Crippen molar-refractivity contribution in [1.29, 1.82) is 5.26 Å². The van der Waals surface area contributed by atoms with Crippen LogP contribution in [0.1, 0.15) is 19.4 Å². The molecule has 0 aliphatic heterocycles. The lowest BCUT2D eigenvalue weighted by molar-refractivity contribution is 0.303. The lowest BCUT2D eigenvalue weighted by Gasteiger charge is -2.19. The highest BCUT2D eigenvalue weighted by Gasteiger charge is 2.08. The van der Waals surface area contributed by atoms with E-state index in [9.17, 15) is 0 Å². The SMILES string of the molecule is CCNc1ncccc1CN(C)CC(C)C#N. The second-order valence-corrected chi connectivity index (χ2v) is 4.27. The molecule has 0 aromatic carbocycles. The number of nitrogens with zero attached hydrogens (tertiary/aromatic N) is 3. The minimum absolute atomic E-state index is 0.0549. The van der Waals surface area contributed by atoms with Crippen molar-refractivity contribution in [2.75, 3.05) is 25.5 Å². The van der Waals surface area contributed by atoms with E-state index in [0.717, 1.165) is 25.5 Å². The van der Waals surface area contributed by atoms with Crippen LogP contribution < -0.4 is 5.32 Å². The predicted molar refractivity (Wildman–Crippen MR) is 69.5 cm³/mol. The molecule has 0 saturated heterocycles. The van der Waals surface area contributed by atoms with Gasteiger partial charge in [0.2, 0.25) is 0 Å². The molecule has 0 fully saturated rings. The fourth-order valence-electron chi connectivity index (χ4n) is 1.76. The topological polar surface area (TPSA) is 52.0 Å². The predicted octanol–water partition coefficient (Wildman–Crippen LogP) is 2.10. The van der Waals surface area contributed by atoms with E-state index in [1.54, 1.807) is 6.20 Å². The maximum Gasteiger partial charge on any atom is 0.130 e. The molecule has 1 unspecified atom stereocenters. The summed E-state index contributed by atoms with van der Waals surface area (Å²) in [4.78, 5) is 6.46. The van der Waals surface area contributed by atoms with E-state index in [1.165, 1.54) is 5.56 Å². The van der Waals surface area contributed by atoms with Gasteiger partial charge in [0, 0.05) is 31.4 Å². The van der Waals surface area contributed by atoms with Gasteiger partial charge in [0.25, 0.3) is 0 Å². The molecule has 0 spiro atoms. The first kappa shape index (κ1) is 13.5. The summed E-state index contributed by atoms with van der Waals surface area (Å²) >= 11 is 0. The van der Waals surface area contributed by atoms with Crippen molar-refractivity contribution in [3.8, 4) is 6.07 Å². The monoisotopic (exact) mass is 232 g/mol. The highest BCUT2D eigenvalue weighted by molar-refractivity contribution is 5.43. The van der Waals surface area contributed by atoms with Crippen LogP contribution in [0.3, 0.4) is 0 Å². The second kappa shape index (κ2) is 6.87. The smallest absolute Gasteiger partial charge is 0.130 e. The maximum atomic E-state index is 8.79. The van der Waals surface area contributed by atoms with Gasteiger partial charge in [0.05, 0.1) is 12.0 Å². The molecule has 0 amide bonds. The minimum atomic E-state index is 0.0549. The van der Waals surface area contributed by atoms with E-state index in [2.05, 4.69) is 34.3 Å². The van der Waals surface area contributed by atoms with Gasteiger partial charge in [-0.25, -0.2) is 4.98 Å². The molecule has 1 rings (SSSR count). The summed E-state index contributed by atoms with van der Waals surface area (Å²) in [5.41, 5.74) is 1.17. The van der Waals surface area contributed by atoms with E-state index >= 15 is 0 Å². The maximum absolute atomic E-state index is 8.79. The summed E-state index contributed by atoms with van der Waals surface area (Å²) in [6.07, 6.45) is 1.79. The Labute approximate surface area is 103 Å². The van der Waals surface area contributed by atoms with E-state index in [1.807, 2.05) is 20.0 Å². The minimum Gasteiger partial charge on any atom is -0.370 e. The van der Waals surface area contributed by atoms with Crippen LogP contribution >= 0.6 is 0 Å². The fraction of sp³-hybridized carbons (Fsp3) is 0.538. The van der Waals surface area contributed by atoms with Gasteiger partial charge in [0.15, 0.2) is 0 Å². The van der Waals surface area contributed by atoms with Gasteiger partial charge >= 0.3 is 0 Å². The van der Waals surface area contributed by atoms with Crippen molar-refractivity contribution in [2.24, 2.45) is 5.92 Å². The number of pyridine rings is 1. The van der Waals surface area contributed by atoms with Crippen LogP contribution in [0.2, 0.25) is 0 Å². The highest BCUT2D eigenvalue weighted by Crippen LogP contribution is 2.13. The second-order valence-electron chi connectivity index (χ2n) is 4.27. The van der Waals surface area contributed by atoms with Crippen molar-refractivity contribution < 1.29 is 0 Å². The molecule has 1 heterocycles. The fourth-order valence-corrected chi connectivity index (χ4v) is 1.76. The van der Waals surface area contributed by atoms with Crippen LogP contribution in [0.25, 0.3) is 0 Å². The molecule has 92 valence electrons. The summed E-state index contributed by atoms with van der Waals surface area (Å²) in [6, 6.07) is 6.26. The largest absolute Gasteiger partial charge is 0.370 e. The van der Waals surface area contributed by atoms with Crippen molar-refractivity contribution in [1.82, 2.24) is 9.88 Å². The van der Waals surface area contributed by atoms with Crippen LogP contribution in [0.5, 0.6) is 0 Å². The first-order valence-corrected chi connectivity index (χ1v) is 5.93. The van der Waals surface area contributed by atoms with Crippen LogP contribution in [0.15, 0.2) is 18.3 Å². The molecular weight excluding hydrogens is 212 g/mol. The lowest BCUT2D eigenvalue weighted by Crippen LogP contribution is -2.24. The third kappa shape index (κ3) is 4.41. The Morgan fingerprint density at radius 2 is 2.35 bits per heavy atom. The zero-order valence-corrected chi connectivity index (χ0v) is 10.8. The standard InChI is InChI=1S/C13H20N4/c1-4-15-13-12(6-5-7-16-13)10-17(3)9-11(2)8-14/h5-7,11H,4,9-10H2,1-3H3,(H,15,16). The van der Waals surface area contributed by atoms with E-state index < -0.39 is 0 Å². The molecule has 4 heteroatoms. The van der Waals surface area contributed by atoms with E-state index in [0.29, 0.717) is 0 Å². The third-order valence-corrected chi connectivity index (χ3v) is 2.48. The molecule has 1 aromatic rings. The quantitative estimate of drug-likeness (QED) is 0.816. The van der Waals surface area contributed by atoms with Gasteiger partial charge in [-0.2, -0.15) is 5.26 Å². The van der Waals surface area contributed by atoms with Gasteiger partial charge in [-0.15, -0.1) is 0 Å². The van der Waals surface area contributed by atoms with E-state index in [4.69, 9.17) is 5.26 Å². The van der Waals surface area contributed by atoms with Crippen LogP contribution in [0, 0.1) is 17.2 Å². The number of aromatic nitrogens is 1. The average molecular weight is 232 g/mol. The average Bonchev–Trinajstić information content (AvgIpc) is 2.31. The highest BCUT2D eigenvalue weighted by atomic mass is 15.1. The molecule has 0 saturated carbocycles. The normalized spacial score (nSPS) is 12.2. The van der Waals surface area contributed by atoms with E-state index in [-0.39, 0.29) is 5.92 Å². The third-order valence-electron chi connectivity index (χ3n) is 2.48. The Hall–Kier alpha value is -1.60. The molecule has 0 aliphatic rings. The number of nitriles is 1. The number of hydrogen-bond donors (Lipinski definition) is 1. The molecule has 0 radical (unpaired) electrons. The number of hydrogen-bond acceptors (Lipinski definition) is 4. The molecule has 0 aliphatic carbocycles. The molecule has 1 aromatic heterocycles. The van der Waals surface area contributed by atoms with Gasteiger partial charge in [-0.3, -0.25) is 0 Å². The Kier molecular flexibility index (Phi) is 5.44. The summed E-state index contributed by atoms with van der Waals surface area (Å²) in [5, 5.41) is 12.0. The Bertz CT molecular complexity index is 383. The first-order valence-electron chi connectivity index (χ1n) is 5.93. The van der Waals surface area contributed by atoms with Crippen LogP contribution in [-0.2, 0) is 6.54 Å². The lowest BCUT2D eigenvalue weighted by atomic mass is 10.2. The summed E-state index contributed by atoms with van der Waals surface area (Å²) in [5.74, 6) is 0.991. The van der Waals surface area contributed by atoms with Crippen molar-refractivity contribution in [3.63, 3.8) is 0 Å². The van der Waals surface area contributed by atoms with Gasteiger partial charge in [-0.05, 0) is 27.0 Å². The number of anilines is 1. The Balaban J connectivity index is 2.64. The Morgan fingerprint density at radius 3 is 3.00 bits per heavy atom. The summed E-state index contributed by atoms with van der Waals surface area (Å²) in [7, 11) is 2.02. The number of rotatable bonds is 6. The molecular formula is C13H20N4. The van der Waals surface area contributed by atoms with Gasteiger partial charge in [-0.1, -0.05) is 6.07 Å². The molecule has 1 N–H and O–H groups in total.